The molecule has 0 saturated heterocycles. The lowest BCUT2D eigenvalue weighted by atomic mass is 9.95. The van der Waals surface area contributed by atoms with E-state index in [0.29, 0.717) is 5.56 Å². The molecule has 0 aliphatic heterocycles. The maximum atomic E-state index is 11.4. The summed E-state index contributed by atoms with van der Waals surface area (Å²) < 4.78 is 1.73. The highest BCUT2D eigenvalue weighted by atomic mass is 16.4. The van der Waals surface area contributed by atoms with Gasteiger partial charge in [-0.05, 0) is 24.5 Å². The molecule has 0 aliphatic rings. The van der Waals surface area contributed by atoms with Crippen molar-refractivity contribution in [2.75, 3.05) is 0 Å². The van der Waals surface area contributed by atoms with Gasteiger partial charge in [-0.3, -0.25) is 4.68 Å². The highest BCUT2D eigenvalue weighted by molar-refractivity contribution is 5.96. The Bertz CT molecular complexity index is 627. The van der Waals surface area contributed by atoms with Gasteiger partial charge in [-0.1, -0.05) is 31.5 Å². The number of carboxylic acid groups (broad SMARTS) is 1. The van der Waals surface area contributed by atoms with E-state index in [1.54, 1.807) is 10.7 Å². The van der Waals surface area contributed by atoms with Gasteiger partial charge >= 0.3 is 5.97 Å². The average Bonchev–Trinajstić information content (AvgIpc) is 2.71. The van der Waals surface area contributed by atoms with Crippen molar-refractivity contribution in [3.8, 4) is 11.1 Å². The SMILES string of the molecule is Cc1ccc(-c2cn(C)nc2C(C)C)c(C(=O)O)c1. The summed E-state index contributed by atoms with van der Waals surface area (Å²) in [5.74, 6) is -0.656. The fourth-order valence-electron chi connectivity index (χ4n) is 2.21. The van der Waals surface area contributed by atoms with Crippen molar-refractivity contribution in [1.29, 1.82) is 0 Å². The molecule has 0 radical (unpaired) electrons. The number of aromatic carboxylic acids is 1. The number of aryl methyl sites for hydroxylation is 2. The van der Waals surface area contributed by atoms with Crippen LogP contribution >= 0.6 is 0 Å². The topological polar surface area (TPSA) is 55.1 Å². The number of hydrogen-bond donors (Lipinski definition) is 1. The Morgan fingerprint density at radius 1 is 1.32 bits per heavy atom. The minimum Gasteiger partial charge on any atom is -0.478 e. The van der Waals surface area contributed by atoms with E-state index < -0.39 is 5.97 Å². The first-order valence-corrected chi connectivity index (χ1v) is 6.28. The van der Waals surface area contributed by atoms with Crippen LogP contribution in [0, 0.1) is 6.92 Å². The second-order valence-corrected chi connectivity index (χ2v) is 5.11. The smallest absolute Gasteiger partial charge is 0.336 e. The maximum Gasteiger partial charge on any atom is 0.336 e. The third-order valence-corrected chi connectivity index (χ3v) is 3.10. The van der Waals surface area contributed by atoms with Crippen LogP contribution in [0.15, 0.2) is 24.4 Å². The lowest BCUT2D eigenvalue weighted by Crippen LogP contribution is -2.01. The molecule has 0 amide bonds. The molecule has 0 fully saturated rings. The van der Waals surface area contributed by atoms with Crippen molar-refractivity contribution in [2.24, 2.45) is 7.05 Å². The molecule has 0 unspecified atom stereocenters. The molecular weight excluding hydrogens is 240 g/mol. The third-order valence-electron chi connectivity index (χ3n) is 3.10. The Kier molecular flexibility index (Phi) is 3.42. The Hall–Kier alpha value is -2.10. The van der Waals surface area contributed by atoms with E-state index in [9.17, 15) is 9.90 Å². The van der Waals surface area contributed by atoms with Crippen LogP contribution < -0.4 is 0 Å². The number of benzene rings is 1. The lowest BCUT2D eigenvalue weighted by Gasteiger charge is -2.09. The zero-order valence-electron chi connectivity index (χ0n) is 11.6. The van der Waals surface area contributed by atoms with E-state index >= 15 is 0 Å². The van der Waals surface area contributed by atoms with Gasteiger partial charge in [0.1, 0.15) is 0 Å². The van der Waals surface area contributed by atoms with Crippen LogP contribution in [0.4, 0.5) is 0 Å². The number of rotatable bonds is 3. The molecule has 2 aromatic rings. The van der Waals surface area contributed by atoms with Gasteiger partial charge in [0.25, 0.3) is 0 Å². The summed E-state index contributed by atoms with van der Waals surface area (Å²) in [7, 11) is 1.85. The number of aromatic nitrogens is 2. The lowest BCUT2D eigenvalue weighted by molar-refractivity contribution is 0.0697. The first-order valence-electron chi connectivity index (χ1n) is 6.28. The van der Waals surface area contributed by atoms with E-state index in [2.05, 4.69) is 18.9 Å². The Labute approximate surface area is 112 Å². The molecule has 1 aromatic heterocycles. The molecule has 0 bridgehead atoms. The van der Waals surface area contributed by atoms with Crippen LogP contribution in [-0.2, 0) is 7.05 Å². The van der Waals surface area contributed by atoms with E-state index in [1.807, 2.05) is 32.3 Å². The van der Waals surface area contributed by atoms with Crippen LogP contribution in [0.1, 0.15) is 41.4 Å². The van der Waals surface area contributed by atoms with Crippen molar-refractivity contribution >= 4 is 5.97 Å². The summed E-state index contributed by atoms with van der Waals surface area (Å²) in [5, 5.41) is 13.8. The predicted molar refractivity (Wildman–Crippen MR) is 74.4 cm³/mol. The van der Waals surface area contributed by atoms with Crippen LogP contribution in [-0.4, -0.2) is 20.9 Å². The third kappa shape index (κ3) is 2.52. The van der Waals surface area contributed by atoms with Crippen molar-refractivity contribution < 1.29 is 9.90 Å². The molecule has 4 nitrogen and oxygen atoms in total. The van der Waals surface area contributed by atoms with Crippen LogP contribution in [0.3, 0.4) is 0 Å². The van der Waals surface area contributed by atoms with Gasteiger partial charge in [-0.2, -0.15) is 5.10 Å². The minimum absolute atomic E-state index is 0.249. The van der Waals surface area contributed by atoms with Gasteiger partial charge in [-0.25, -0.2) is 4.79 Å². The second-order valence-electron chi connectivity index (χ2n) is 5.11. The molecule has 0 aliphatic carbocycles. The Morgan fingerprint density at radius 3 is 2.58 bits per heavy atom. The number of carboxylic acids is 1. The number of hydrogen-bond acceptors (Lipinski definition) is 2. The summed E-state index contributed by atoms with van der Waals surface area (Å²) >= 11 is 0. The zero-order valence-corrected chi connectivity index (χ0v) is 11.6. The maximum absolute atomic E-state index is 11.4. The first kappa shape index (κ1) is 13.3. The van der Waals surface area contributed by atoms with Gasteiger partial charge in [0.2, 0.25) is 0 Å². The van der Waals surface area contributed by atoms with E-state index in [4.69, 9.17) is 0 Å². The van der Waals surface area contributed by atoms with E-state index in [0.717, 1.165) is 22.4 Å². The molecule has 0 spiro atoms. The van der Waals surface area contributed by atoms with Crippen LogP contribution in [0.2, 0.25) is 0 Å². The van der Waals surface area contributed by atoms with Gasteiger partial charge < -0.3 is 5.11 Å². The Balaban J connectivity index is 2.68. The molecule has 0 atom stereocenters. The number of carbonyl (C=O) groups is 1. The largest absolute Gasteiger partial charge is 0.478 e. The normalized spacial score (nSPS) is 11.0. The first-order chi connectivity index (χ1) is 8.90. The molecule has 1 heterocycles. The minimum atomic E-state index is -0.905. The molecular formula is C15H18N2O2. The van der Waals surface area contributed by atoms with Gasteiger partial charge in [0.05, 0.1) is 11.3 Å². The number of nitrogens with zero attached hydrogens (tertiary/aromatic N) is 2. The van der Waals surface area contributed by atoms with E-state index in [-0.39, 0.29) is 5.92 Å². The fourth-order valence-corrected chi connectivity index (χ4v) is 2.21. The molecule has 0 saturated carbocycles. The molecule has 4 heteroatoms. The second kappa shape index (κ2) is 4.88. The summed E-state index contributed by atoms with van der Waals surface area (Å²) in [6.07, 6.45) is 1.88. The van der Waals surface area contributed by atoms with Crippen LogP contribution in [0.5, 0.6) is 0 Å². The monoisotopic (exact) mass is 258 g/mol. The molecule has 100 valence electrons. The van der Waals surface area contributed by atoms with Crippen molar-refractivity contribution in [3.63, 3.8) is 0 Å². The summed E-state index contributed by atoms with van der Waals surface area (Å²) in [5.41, 5.74) is 3.82. The van der Waals surface area contributed by atoms with E-state index in [1.165, 1.54) is 0 Å². The summed E-state index contributed by atoms with van der Waals surface area (Å²) in [6.45, 7) is 6.00. The van der Waals surface area contributed by atoms with Crippen molar-refractivity contribution in [3.05, 3.63) is 41.2 Å². The highest BCUT2D eigenvalue weighted by Gasteiger charge is 2.18. The van der Waals surface area contributed by atoms with Gasteiger partial charge in [-0.15, -0.1) is 0 Å². The predicted octanol–water partition coefficient (Wildman–Crippen LogP) is 3.22. The molecule has 19 heavy (non-hydrogen) atoms. The summed E-state index contributed by atoms with van der Waals surface area (Å²) in [6, 6.07) is 5.50. The van der Waals surface area contributed by atoms with Gasteiger partial charge in [0, 0.05) is 18.8 Å². The summed E-state index contributed by atoms with van der Waals surface area (Å²) in [4.78, 5) is 11.4. The van der Waals surface area contributed by atoms with Crippen LogP contribution in [0.25, 0.3) is 11.1 Å². The van der Waals surface area contributed by atoms with Gasteiger partial charge in [0.15, 0.2) is 0 Å². The molecule has 1 N–H and O–H groups in total. The quantitative estimate of drug-likeness (QED) is 0.919. The standard InChI is InChI=1S/C15H18N2O2/c1-9(2)14-13(8-17(4)16-14)11-6-5-10(3)7-12(11)15(18)19/h5-9H,1-4H3,(H,18,19). The van der Waals surface area contributed by atoms with Crippen molar-refractivity contribution in [1.82, 2.24) is 9.78 Å². The van der Waals surface area contributed by atoms with Crippen molar-refractivity contribution in [2.45, 2.75) is 26.7 Å². The fraction of sp³-hybridized carbons (Fsp3) is 0.333. The highest BCUT2D eigenvalue weighted by Crippen LogP contribution is 2.31. The molecule has 1 aromatic carbocycles. The zero-order chi connectivity index (χ0) is 14.2. The average molecular weight is 258 g/mol. The Morgan fingerprint density at radius 2 is 2.00 bits per heavy atom. The molecule has 2 rings (SSSR count).